The molecule has 126 valence electrons. The molecular weight excluding hydrogens is 333 g/mol. The molecule has 0 bridgehead atoms. The number of hydrogen-bond donors (Lipinski definition) is 1. The highest BCUT2D eigenvalue weighted by molar-refractivity contribution is 7.14. The largest absolute Gasteiger partial charge is 0.417 e. The van der Waals surface area contributed by atoms with Crippen LogP contribution in [0.25, 0.3) is 21.8 Å². The van der Waals surface area contributed by atoms with Gasteiger partial charge in [0, 0.05) is 27.1 Å². The molecule has 3 aromatic rings. The predicted octanol–water partition coefficient (Wildman–Crippen LogP) is 6.08. The molecule has 1 aromatic carbocycles. The number of hydrogen-bond acceptors (Lipinski definition) is 2. The highest BCUT2D eigenvalue weighted by Gasteiger charge is 2.33. The number of halogens is 3. The number of benzene rings is 1. The molecule has 0 atom stereocenters. The topological polar surface area (TPSA) is 28.7 Å². The SMILES string of the molecule is CCCc1nc(-c2csc(-c3ccccc3C(F)(F)F)c2)[nH]c1C. The Bertz CT molecular complexity index is 846. The average Bonchev–Trinajstić information content (AvgIpc) is 3.14. The summed E-state index contributed by atoms with van der Waals surface area (Å²) in [7, 11) is 0. The third-order valence-corrected chi connectivity index (χ3v) is 4.81. The fraction of sp³-hybridized carbons (Fsp3) is 0.278. The van der Waals surface area contributed by atoms with Crippen molar-refractivity contribution in [2.75, 3.05) is 0 Å². The number of H-pyrrole nitrogens is 1. The summed E-state index contributed by atoms with van der Waals surface area (Å²) in [5.41, 5.74) is 2.43. The number of aromatic nitrogens is 2. The quantitative estimate of drug-likeness (QED) is 0.606. The Balaban J connectivity index is 1.99. The molecule has 0 saturated carbocycles. The van der Waals surface area contributed by atoms with Crippen LogP contribution in [0.3, 0.4) is 0 Å². The predicted molar refractivity (Wildman–Crippen MR) is 91.1 cm³/mol. The standard InChI is InChI=1S/C18H17F3N2S/c1-3-6-15-11(2)22-17(23-15)12-9-16(24-10-12)13-7-4-5-8-14(13)18(19,20)21/h4-5,7-10H,3,6H2,1-2H3,(H,22,23). The third kappa shape index (κ3) is 3.24. The fourth-order valence-corrected chi connectivity index (χ4v) is 3.59. The first-order valence-electron chi connectivity index (χ1n) is 7.71. The summed E-state index contributed by atoms with van der Waals surface area (Å²) in [6.45, 7) is 4.05. The Hall–Kier alpha value is -2.08. The summed E-state index contributed by atoms with van der Waals surface area (Å²) in [5.74, 6) is 0.711. The molecule has 0 fully saturated rings. The number of alkyl halides is 3. The van der Waals surface area contributed by atoms with Gasteiger partial charge in [0.25, 0.3) is 0 Å². The molecule has 0 amide bonds. The van der Waals surface area contributed by atoms with Gasteiger partial charge in [-0.2, -0.15) is 13.2 Å². The zero-order valence-corrected chi connectivity index (χ0v) is 14.2. The van der Waals surface area contributed by atoms with Crippen molar-refractivity contribution < 1.29 is 13.2 Å². The van der Waals surface area contributed by atoms with Gasteiger partial charge in [0.2, 0.25) is 0 Å². The van der Waals surface area contributed by atoms with Crippen molar-refractivity contribution in [1.29, 1.82) is 0 Å². The maximum absolute atomic E-state index is 13.2. The number of nitrogens with zero attached hydrogens (tertiary/aromatic N) is 1. The molecule has 2 heterocycles. The Morgan fingerprint density at radius 3 is 2.67 bits per heavy atom. The fourth-order valence-electron chi connectivity index (χ4n) is 2.66. The van der Waals surface area contributed by atoms with Crippen LogP contribution in [0.1, 0.15) is 30.3 Å². The van der Waals surface area contributed by atoms with Crippen molar-refractivity contribution in [1.82, 2.24) is 9.97 Å². The van der Waals surface area contributed by atoms with Crippen LogP contribution in [0.5, 0.6) is 0 Å². The smallest absolute Gasteiger partial charge is 0.342 e. The third-order valence-electron chi connectivity index (χ3n) is 3.84. The van der Waals surface area contributed by atoms with Gasteiger partial charge in [-0.3, -0.25) is 0 Å². The first kappa shape index (κ1) is 16.8. The van der Waals surface area contributed by atoms with E-state index in [1.165, 1.54) is 23.5 Å². The summed E-state index contributed by atoms with van der Waals surface area (Å²) in [6, 6.07) is 7.43. The minimum absolute atomic E-state index is 0.207. The number of thiophene rings is 1. The molecule has 0 unspecified atom stereocenters. The molecule has 1 N–H and O–H groups in total. The number of aromatic amines is 1. The lowest BCUT2D eigenvalue weighted by atomic mass is 10.1. The summed E-state index contributed by atoms with van der Waals surface area (Å²) in [4.78, 5) is 8.39. The van der Waals surface area contributed by atoms with Crippen molar-refractivity contribution in [3.05, 3.63) is 52.7 Å². The van der Waals surface area contributed by atoms with E-state index in [0.29, 0.717) is 10.7 Å². The molecule has 0 spiro atoms. The minimum atomic E-state index is -4.36. The van der Waals surface area contributed by atoms with Gasteiger partial charge in [-0.1, -0.05) is 31.5 Å². The van der Waals surface area contributed by atoms with Crippen LogP contribution in [-0.4, -0.2) is 9.97 Å². The van der Waals surface area contributed by atoms with Crippen molar-refractivity contribution >= 4 is 11.3 Å². The Morgan fingerprint density at radius 1 is 1.21 bits per heavy atom. The van der Waals surface area contributed by atoms with Crippen LogP contribution in [-0.2, 0) is 12.6 Å². The highest BCUT2D eigenvalue weighted by Crippen LogP contribution is 2.40. The lowest BCUT2D eigenvalue weighted by Crippen LogP contribution is -2.06. The molecule has 2 nitrogen and oxygen atoms in total. The van der Waals surface area contributed by atoms with Crippen LogP contribution in [0.2, 0.25) is 0 Å². The lowest BCUT2D eigenvalue weighted by Gasteiger charge is -2.10. The maximum Gasteiger partial charge on any atom is 0.417 e. The van der Waals surface area contributed by atoms with Crippen LogP contribution < -0.4 is 0 Å². The normalized spacial score (nSPS) is 11.9. The second-order valence-corrected chi connectivity index (χ2v) is 6.56. The molecule has 24 heavy (non-hydrogen) atoms. The first-order chi connectivity index (χ1) is 11.4. The van der Waals surface area contributed by atoms with Gasteiger partial charge in [0.15, 0.2) is 0 Å². The lowest BCUT2D eigenvalue weighted by molar-refractivity contribution is -0.137. The Kier molecular flexibility index (Phi) is 4.49. The summed E-state index contributed by atoms with van der Waals surface area (Å²) >= 11 is 1.30. The van der Waals surface area contributed by atoms with Gasteiger partial charge >= 0.3 is 6.18 Å². The number of nitrogens with one attached hydrogen (secondary N) is 1. The minimum Gasteiger partial charge on any atom is -0.342 e. The molecule has 0 aliphatic carbocycles. The van der Waals surface area contributed by atoms with Crippen molar-refractivity contribution in [3.8, 4) is 21.8 Å². The molecule has 3 rings (SSSR count). The second-order valence-electron chi connectivity index (χ2n) is 5.65. The molecule has 2 aromatic heterocycles. The van der Waals surface area contributed by atoms with E-state index in [0.717, 1.165) is 35.9 Å². The number of aryl methyl sites for hydroxylation is 2. The van der Waals surface area contributed by atoms with E-state index in [1.807, 2.05) is 12.3 Å². The summed E-state index contributed by atoms with van der Waals surface area (Å²) < 4.78 is 39.6. The monoisotopic (exact) mass is 350 g/mol. The average molecular weight is 350 g/mol. The molecule has 0 aliphatic heterocycles. The van der Waals surface area contributed by atoms with Gasteiger partial charge in [-0.05, 0) is 25.5 Å². The summed E-state index contributed by atoms with van der Waals surface area (Å²) in [5, 5.41) is 1.84. The second kappa shape index (κ2) is 6.43. The van der Waals surface area contributed by atoms with Gasteiger partial charge < -0.3 is 4.98 Å². The number of rotatable bonds is 4. The van der Waals surface area contributed by atoms with Gasteiger partial charge in [-0.15, -0.1) is 11.3 Å². The molecule has 0 radical (unpaired) electrons. The van der Waals surface area contributed by atoms with E-state index < -0.39 is 11.7 Å². The van der Waals surface area contributed by atoms with Gasteiger partial charge in [-0.25, -0.2) is 4.98 Å². The molecule has 0 aliphatic rings. The molecule has 6 heteroatoms. The van der Waals surface area contributed by atoms with E-state index in [-0.39, 0.29) is 5.56 Å². The van der Waals surface area contributed by atoms with Gasteiger partial charge in [0.1, 0.15) is 5.82 Å². The van der Waals surface area contributed by atoms with Crippen LogP contribution in [0.15, 0.2) is 35.7 Å². The molecular formula is C18H17F3N2S. The maximum atomic E-state index is 13.2. The van der Waals surface area contributed by atoms with Crippen LogP contribution >= 0.6 is 11.3 Å². The van der Waals surface area contributed by atoms with Crippen LogP contribution in [0, 0.1) is 6.92 Å². The van der Waals surface area contributed by atoms with E-state index in [2.05, 4.69) is 16.9 Å². The van der Waals surface area contributed by atoms with Gasteiger partial charge in [0.05, 0.1) is 11.3 Å². The summed E-state index contributed by atoms with van der Waals surface area (Å²) in [6.07, 6.45) is -2.48. The van der Waals surface area contributed by atoms with Crippen molar-refractivity contribution in [3.63, 3.8) is 0 Å². The van der Waals surface area contributed by atoms with Crippen molar-refractivity contribution in [2.45, 2.75) is 32.9 Å². The van der Waals surface area contributed by atoms with Crippen LogP contribution in [0.4, 0.5) is 13.2 Å². The number of imidazole rings is 1. The van der Waals surface area contributed by atoms with E-state index in [1.54, 1.807) is 12.1 Å². The highest BCUT2D eigenvalue weighted by atomic mass is 32.1. The van der Waals surface area contributed by atoms with Crippen molar-refractivity contribution in [2.24, 2.45) is 0 Å². The first-order valence-corrected chi connectivity index (χ1v) is 8.59. The van der Waals surface area contributed by atoms with E-state index in [9.17, 15) is 13.2 Å². The zero-order valence-electron chi connectivity index (χ0n) is 13.4. The Labute approximate surface area is 142 Å². The molecule has 0 saturated heterocycles. The zero-order chi connectivity index (χ0) is 17.3. The van der Waals surface area contributed by atoms with E-state index in [4.69, 9.17) is 0 Å². The van der Waals surface area contributed by atoms with E-state index >= 15 is 0 Å². The Morgan fingerprint density at radius 2 is 1.96 bits per heavy atom.